The Morgan fingerprint density at radius 2 is 2.06 bits per heavy atom. The average molecular weight is 237 g/mol. The van der Waals surface area contributed by atoms with Crippen molar-refractivity contribution < 1.29 is 0 Å². The Balaban J connectivity index is 1.93. The Labute approximate surface area is 106 Å². The third-order valence-corrected chi connectivity index (χ3v) is 4.23. The topological polar surface area (TPSA) is 41.6 Å². The lowest BCUT2D eigenvalue weighted by Gasteiger charge is -2.25. The molecular weight excluding hydrogens is 222 g/mol. The molecule has 0 unspecified atom stereocenters. The molecule has 2 saturated carbocycles. The zero-order valence-electron chi connectivity index (χ0n) is 10.3. The highest BCUT2D eigenvalue weighted by Crippen LogP contribution is 2.44. The highest BCUT2D eigenvalue weighted by molar-refractivity contribution is 5.78. The molecule has 0 saturated heterocycles. The maximum atomic E-state index is 8.98. The first-order valence-corrected chi connectivity index (χ1v) is 6.79. The van der Waals surface area contributed by atoms with Crippen LogP contribution in [0.5, 0.6) is 0 Å². The van der Waals surface area contributed by atoms with Crippen LogP contribution in [-0.2, 0) is 0 Å². The Morgan fingerprint density at radius 1 is 1.22 bits per heavy atom. The highest BCUT2D eigenvalue weighted by atomic mass is 15.1. The smallest absolute Gasteiger partial charge is 0.113 e. The van der Waals surface area contributed by atoms with Crippen molar-refractivity contribution in [2.45, 2.75) is 44.1 Å². The average Bonchev–Trinajstić information content (AvgIpc) is 3.08. The van der Waals surface area contributed by atoms with Crippen molar-refractivity contribution in [1.82, 2.24) is 9.55 Å². The van der Waals surface area contributed by atoms with E-state index in [1.165, 1.54) is 43.4 Å². The summed E-state index contributed by atoms with van der Waals surface area (Å²) in [5.41, 5.74) is 2.93. The van der Waals surface area contributed by atoms with Crippen LogP contribution in [0.2, 0.25) is 0 Å². The lowest BCUT2D eigenvalue weighted by Crippen LogP contribution is -2.14. The molecule has 0 aliphatic heterocycles. The van der Waals surface area contributed by atoms with Gasteiger partial charge in [-0.2, -0.15) is 5.26 Å². The van der Waals surface area contributed by atoms with Gasteiger partial charge in [-0.3, -0.25) is 0 Å². The Hall–Kier alpha value is -1.82. The maximum Gasteiger partial charge on any atom is 0.113 e. The number of nitriles is 1. The van der Waals surface area contributed by atoms with E-state index in [1.54, 1.807) is 0 Å². The van der Waals surface area contributed by atoms with E-state index >= 15 is 0 Å². The number of hydrogen-bond acceptors (Lipinski definition) is 2. The molecule has 2 aromatic rings. The van der Waals surface area contributed by atoms with Crippen molar-refractivity contribution in [3.05, 3.63) is 29.6 Å². The van der Waals surface area contributed by atoms with Crippen LogP contribution in [0, 0.1) is 11.3 Å². The SMILES string of the molecule is N#Cc1ccc2c(c1)nc(C1CCC1)n2C1CC1. The van der Waals surface area contributed by atoms with Gasteiger partial charge < -0.3 is 4.57 Å². The summed E-state index contributed by atoms with van der Waals surface area (Å²) in [4.78, 5) is 4.82. The molecule has 0 bridgehead atoms. The van der Waals surface area contributed by atoms with Gasteiger partial charge in [0.15, 0.2) is 0 Å². The number of rotatable bonds is 2. The minimum Gasteiger partial charge on any atom is -0.325 e. The summed E-state index contributed by atoms with van der Waals surface area (Å²) < 4.78 is 2.44. The molecule has 2 aliphatic rings. The zero-order valence-corrected chi connectivity index (χ0v) is 10.3. The van der Waals surface area contributed by atoms with Gasteiger partial charge in [0.1, 0.15) is 5.82 Å². The molecule has 1 aromatic heterocycles. The molecule has 2 aliphatic carbocycles. The molecule has 0 atom stereocenters. The molecule has 1 aromatic carbocycles. The molecular formula is C15H15N3. The molecule has 3 heteroatoms. The third kappa shape index (κ3) is 1.38. The minimum absolute atomic E-state index is 0.656. The van der Waals surface area contributed by atoms with Gasteiger partial charge in [-0.1, -0.05) is 6.42 Å². The second-order valence-electron chi connectivity index (χ2n) is 5.51. The Morgan fingerprint density at radius 3 is 2.67 bits per heavy atom. The van der Waals surface area contributed by atoms with E-state index in [0.29, 0.717) is 17.5 Å². The van der Waals surface area contributed by atoms with Crippen LogP contribution in [0.25, 0.3) is 11.0 Å². The van der Waals surface area contributed by atoms with Crippen LogP contribution < -0.4 is 0 Å². The quantitative estimate of drug-likeness (QED) is 0.802. The van der Waals surface area contributed by atoms with Gasteiger partial charge in [-0.05, 0) is 43.9 Å². The highest BCUT2D eigenvalue weighted by Gasteiger charge is 2.32. The van der Waals surface area contributed by atoms with Gasteiger partial charge >= 0.3 is 0 Å². The van der Waals surface area contributed by atoms with Crippen LogP contribution in [0.15, 0.2) is 18.2 Å². The lowest BCUT2D eigenvalue weighted by molar-refractivity contribution is 0.389. The monoisotopic (exact) mass is 237 g/mol. The van der Waals surface area contributed by atoms with Gasteiger partial charge in [-0.15, -0.1) is 0 Å². The van der Waals surface area contributed by atoms with Crippen molar-refractivity contribution in [3.8, 4) is 6.07 Å². The van der Waals surface area contributed by atoms with Crippen LogP contribution in [-0.4, -0.2) is 9.55 Å². The summed E-state index contributed by atoms with van der Waals surface area (Å²) in [5.74, 6) is 1.93. The summed E-state index contributed by atoms with van der Waals surface area (Å²) in [6, 6.07) is 8.77. The van der Waals surface area contributed by atoms with Gasteiger partial charge in [0.25, 0.3) is 0 Å². The van der Waals surface area contributed by atoms with E-state index in [4.69, 9.17) is 10.2 Å². The fourth-order valence-corrected chi connectivity index (χ4v) is 2.86. The molecule has 3 nitrogen and oxygen atoms in total. The number of nitrogens with zero attached hydrogens (tertiary/aromatic N) is 3. The van der Waals surface area contributed by atoms with Crippen molar-refractivity contribution in [3.63, 3.8) is 0 Å². The first-order chi connectivity index (χ1) is 8.86. The van der Waals surface area contributed by atoms with E-state index in [2.05, 4.69) is 16.7 Å². The Bertz CT molecular complexity index is 654. The van der Waals surface area contributed by atoms with E-state index < -0.39 is 0 Å². The lowest BCUT2D eigenvalue weighted by atomic mass is 9.85. The number of aromatic nitrogens is 2. The summed E-state index contributed by atoms with van der Waals surface area (Å²) in [7, 11) is 0. The first-order valence-electron chi connectivity index (χ1n) is 6.79. The fraction of sp³-hybridized carbons (Fsp3) is 0.467. The van der Waals surface area contributed by atoms with Crippen molar-refractivity contribution in [2.24, 2.45) is 0 Å². The first kappa shape index (κ1) is 10.1. The number of benzene rings is 1. The number of hydrogen-bond donors (Lipinski definition) is 0. The molecule has 0 amide bonds. The van der Waals surface area contributed by atoms with Crippen LogP contribution >= 0.6 is 0 Å². The van der Waals surface area contributed by atoms with E-state index in [1.807, 2.05) is 12.1 Å². The van der Waals surface area contributed by atoms with E-state index in [9.17, 15) is 0 Å². The van der Waals surface area contributed by atoms with Crippen LogP contribution in [0.3, 0.4) is 0 Å². The zero-order chi connectivity index (χ0) is 12.1. The summed E-state index contributed by atoms with van der Waals surface area (Å²) in [6.07, 6.45) is 6.46. The predicted octanol–water partition coefficient (Wildman–Crippen LogP) is 3.51. The molecule has 2 fully saturated rings. The van der Waals surface area contributed by atoms with Crippen LogP contribution in [0.4, 0.5) is 0 Å². The molecule has 0 spiro atoms. The van der Waals surface area contributed by atoms with Gasteiger partial charge in [0.2, 0.25) is 0 Å². The largest absolute Gasteiger partial charge is 0.325 e. The maximum absolute atomic E-state index is 8.98. The second kappa shape index (κ2) is 3.58. The van der Waals surface area contributed by atoms with Crippen molar-refractivity contribution in [2.75, 3.05) is 0 Å². The molecule has 4 rings (SSSR count). The fourth-order valence-electron chi connectivity index (χ4n) is 2.86. The van der Waals surface area contributed by atoms with E-state index in [0.717, 1.165) is 5.52 Å². The molecule has 1 heterocycles. The Kier molecular flexibility index (Phi) is 2.02. The van der Waals surface area contributed by atoms with E-state index in [-0.39, 0.29) is 0 Å². The van der Waals surface area contributed by atoms with Crippen molar-refractivity contribution >= 4 is 11.0 Å². The standard InChI is InChI=1S/C15H15N3/c16-9-10-4-7-14-13(8-10)17-15(11-2-1-3-11)18(14)12-5-6-12/h4,7-8,11-12H,1-3,5-6H2. The van der Waals surface area contributed by atoms with Gasteiger partial charge in [-0.25, -0.2) is 4.98 Å². The molecule has 18 heavy (non-hydrogen) atoms. The number of imidazole rings is 1. The summed E-state index contributed by atoms with van der Waals surface area (Å²) in [6.45, 7) is 0. The number of fused-ring (bicyclic) bond motifs is 1. The molecule has 90 valence electrons. The van der Waals surface area contributed by atoms with Gasteiger partial charge in [0.05, 0.1) is 22.7 Å². The predicted molar refractivity (Wildman–Crippen MR) is 69.3 cm³/mol. The van der Waals surface area contributed by atoms with Gasteiger partial charge in [0, 0.05) is 12.0 Å². The van der Waals surface area contributed by atoms with Crippen molar-refractivity contribution in [1.29, 1.82) is 5.26 Å². The third-order valence-electron chi connectivity index (χ3n) is 4.23. The molecule has 0 radical (unpaired) electrons. The minimum atomic E-state index is 0.656. The normalized spacial score (nSPS) is 19.7. The summed E-state index contributed by atoms with van der Waals surface area (Å²) in [5, 5.41) is 8.98. The second-order valence-corrected chi connectivity index (χ2v) is 5.51. The van der Waals surface area contributed by atoms with Crippen LogP contribution in [0.1, 0.15) is 55.5 Å². The molecule has 0 N–H and O–H groups in total. The summed E-state index contributed by atoms with van der Waals surface area (Å²) >= 11 is 0.